The third-order valence-electron chi connectivity index (χ3n) is 2.71. The van der Waals surface area contributed by atoms with Gasteiger partial charge < -0.3 is 15.4 Å². The average molecular weight is 207 g/mol. The maximum absolute atomic E-state index is 5.66. The molecule has 1 unspecified atom stereocenters. The molecule has 2 N–H and O–H groups in total. The number of nitrogens with two attached hydrogens (primary N) is 1. The second-order valence-corrected chi connectivity index (χ2v) is 3.64. The van der Waals surface area contributed by atoms with E-state index in [2.05, 4.69) is 9.88 Å². The SMILES string of the molecule is CCOc1cccc(N2CCC2CN)n1. The standard InChI is InChI=1S/C11H17N3O/c1-2-15-11-5-3-4-10(13-11)14-7-6-9(14)8-12/h3-5,9H,2,6-8,12H2,1H3. The number of hydrogen-bond acceptors (Lipinski definition) is 4. The van der Waals surface area contributed by atoms with Crippen LogP contribution in [0.2, 0.25) is 0 Å². The monoisotopic (exact) mass is 207 g/mol. The van der Waals surface area contributed by atoms with E-state index < -0.39 is 0 Å². The van der Waals surface area contributed by atoms with Crippen LogP contribution < -0.4 is 15.4 Å². The fourth-order valence-electron chi connectivity index (χ4n) is 1.78. The molecule has 0 amide bonds. The number of aromatic nitrogens is 1. The zero-order chi connectivity index (χ0) is 10.7. The predicted molar refractivity (Wildman–Crippen MR) is 60.2 cm³/mol. The van der Waals surface area contributed by atoms with E-state index in [1.54, 1.807) is 0 Å². The Labute approximate surface area is 90.0 Å². The van der Waals surface area contributed by atoms with Crippen molar-refractivity contribution in [1.82, 2.24) is 4.98 Å². The molecule has 0 bridgehead atoms. The first-order valence-corrected chi connectivity index (χ1v) is 5.41. The summed E-state index contributed by atoms with van der Waals surface area (Å²) in [5, 5.41) is 0. The molecule has 0 aliphatic carbocycles. The predicted octanol–water partition coefficient (Wildman–Crippen LogP) is 1.02. The molecular weight excluding hydrogens is 190 g/mol. The van der Waals surface area contributed by atoms with Crippen molar-refractivity contribution in [2.75, 3.05) is 24.6 Å². The van der Waals surface area contributed by atoms with Crippen molar-refractivity contribution in [3.8, 4) is 5.88 Å². The highest BCUT2D eigenvalue weighted by Gasteiger charge is 2.27. The Bertz CT molecular complexity index is 327. The molecule has 15 heavy (non-hydrogen) atoms. The largest absolute Gasteiger partial charge is 0.478 e. The Morgan fingerprint density at radius 1 is 1.60 bits per heavy atom. The van der Waals surface area contributed by atoms with Crippen LogP contribution in [0.1, 0.15) is 13.3 Å². The lowest BCUT2D eigenvalue weighted by Gasteiger charge is -2.41. The van der Waals surface area contributed by atoms with Gasteiger partial charge in [-0.05, 0) is 19.4 Å². The lowest BCUT2D eigenvalue weighted by molar-refractivity contribution is 0.326. The van der Waals surface area contributed by atoms with Crippen LogP contribution in [-0.2, 0) is 0 Å². The van der Waals surface area contributed by atoms with Gasteiger partial charge in [-0.2, -0.15) is 4.98 Å². The minimum Gasteiger partial charge on any atom is -0.478 e. The summed E-state index contributed by atoms with van der Waals surface area (Å²) in [4.78, 5) is 6.66. The molecule has 1 aromatic rings. The minimum atomic E-state index is 0.453. The molecule has 1 saturated heterocycles. The van der Waals surface area contributed by atoms with Crippen LogP contribution in [0.3, 0.4) is 0 Å². The summed E-state index contributed by atoms with van der Waals surface area (Å²) in [5.74, 6) is 1.67. The first-order valence-electron chi connectivity index (χ1n) is 5.41. The van der Waals surface area contributed by atoms with E-state index in [0.717, 1.165) is 18.8 Å². The molecule has 0 spiro atoms. The van der Waals surface area contributed by atoms with Crippen molar-refractivity contribution in [1.29, 1.82) is 0 Å². The van der Waals surface area contributed by atoms with Crippen LogP contribution in [0, 0.1) is 0 Å². The molecule has 1 atom stereocenters. The van der Waals surface area contributed by atoms with Gasteiger partial charge in [-0.3, -0.25) is 0 Å². The Morgan fingerprint density at radius 2 is 2.47 bits per heavy atom. The van der Waals surface area contributed by atoms with Crippen LogP contribution in [0.15, 0.2) is 18.2 Å². The summed E-state index contributed by atoms with van der Waals surface area (Å²) in [6.07, 6.45) is 1.16. The van der Waals surface area contributed by atoms with E-state index in [0.29, 0.717) is 25.1 Å². The minimum absolute atomic E-state index is 0.453. The lowest BCUT2D eigenvalue weighted by atomic mass is 10.0. The fourth-order valence-corrected chi connectivity index (χ4v) is 1.78. The van der Waals surface area contributed by atoms with Crippen molar-refractivity contribution in [2.45, 2.75) is 19.4 Å². The van der Waals surface area contributed by atoms with Gasteiger partial charge in [-0.1, -0.05) is 6.07 Å². The molecule has 1 aliphatic heterocycles. The van der Waals surface area contributed by atoms with E-state index in [4.69, 9.17) is 10.5 Å². The molecule has 82 valence electrons. The Morgan fingerprint density at radius 3 is 3.07 bits per heavy atom. The zero-order valence-corrected chi connectivity index (χ0v) is 9.02. The highest BCUT2D eigenvalue weighted by Crippen LogP contribution is 2.25. The number of hydrogen-bond donors (Lipinski definition) is 1. The van der Waals surface area contributed by atoms with Gasteiger partial charge in [0.2, 0.25) is 5.88 Å². The van der Waals surface area contributed by atoms with Gasteiger partial charge in [-0.15, -0.1) is 0 Å². The van der Waals surface area contributed by atoms with Gasteiger partial charge in [0.25, 0.3) is 0 Å². The quantitative estimate of drug-likeness (QED) is 0.800. The summed E-state index contributed by atoms with van der Waals surface area (Å²) in [5.41, 5.74) is 5.66. The van der Waals surface area contributed by atoms with Crippen molar-refractivity contribution >= 4 is 5.82 Å². The molecule has 0 radical (unpaired) electrons. The van der Waals surface area contributed by atoms with Gasteiger partial charge in [0, 0.05) is 25.2 Å². The Kier molecular flexibility index (Phi) is 3.06. The Hall–Kier alpha value is -1.29. The number of nitrogens with zero attached hydrogens (tertiary/aromatic N) is 2. The highest BCUT2D eigenvalue weighted by atomic mass is 16.5. The van der Waals surface area contributed by atoms with Crippen LogP contribution in [0.25, 0.3) is 0 Å². The summed E-state index contributed by atoms with van der Waals surface area (Å²) in [6.45, 7) is 4.35. The fraction of sp³-hybridized carbons (Fsp3) is 0.545. The van der Waals surface area contributed by atoms with Gasteiger partial charge in [0.05, 0.1) is 6.61 Å². The van der Waals surface area contributed by atoms with Crippen molar-refractivity contribution < 1.29 is 4.74 Å². The molecule has 1 fully saturated rings. The van der Waals surface area contributed by atoms with Gasteiger partial charge in [0.15, 0.2) is 0 Å². The first kappa shape index (κ1) is 10.2. The molecule has 1 aliphatic rings. The van der Waals surface area contributed by atoms with Crippen LogP contribution in [0.5, 0.6) is 5.88 Å². The van der Waals surface area contributed by atoms with E-state index in [1.165, 1.54) is 0 Å². The first-order chi connectivity index (χ1) is 7.35. The third-order valence-corrected chi connectivity index (χ3v) is 2.71. The number of ether oxygens (including phenoxy) is 1. The van der Waals surface area contributed by atoms with Crippen molar-refractivity contribution in [3.05, 3.63) is 18.2 Å². The lowest BCUT2D eigenvalue weighted by Crippen LogP contribution is -2.52. The molecule has 4 nitrogen and oxygen atoms in total. The smallest absolute Gasteiger partial charge is 0.215 e. The molecule has 0 saturated carbocycles. The average Bonchev–Trinajstić information content (AvgIpc) is 2.18. The number of pyridine rings is 1. The normalized spacial score (nSPS) is 19.9. The third kappa shape index (κ3) is 2.04. The van der Waals surface area contributed by atoms with Crippen molar-refractivity contribution in [3.63, 3.8) is 0 Å². The highest BCUT2D eigenvalue weighted by molar-refractivity contribution is 5.44. The van der Waals surface area contributed by atoms with E-state index in [-0.39, 0.29) is 0 Å². The zero-order valence-electron chi connectivity index (χ0n) is 9.02. The molecule has 1 aromatic heterocycles. The van der Waals surface area contributed by atoms with Crippen LogP contribution >= 0.6 is 0 Å². The van der Waals surface area contributed by atoms with E-state index >= 15 is 0 Å². The van der Waals surface area contributed by atoms with Crippen molar-refractivity contribution in [2.24, 2.45) is 5.73 Å². The summed E-state index contributed by atoms with van der Waals surface area (Å²) < 4.78 is 5.37. The number of rotatable bonds is 4. The maximum atomic E-state index is 5.66. The van der Waals surface area contributed by atoms with Crippen LogP contribution in [-0.4, -0.2) is 30.7 Å². The molecular formula is C11H17N3O. The summed E-state index contributed by atoms with van der Waals surface area (Å²) in [6, 6.07) is 6.31. The molecule has 2 rings (SSSR count). The second kappa shape index (κ2) is 4.49. The van der Waals surface area contributed by atoms with E-state index in [1.807, 2.05) is 25.1 Å². The van der Waals surface area contributed by atoms with Gasteiger partial charge in [0.1, 0.15) is 5.82 Å². The van der Waals surface area contributed by atoms with Gasteiger partial charge >= 0.3 is 0 Å². The van der Waals surface area contributed by atoms with E-state index in [9.17, 15) is 0 Å². The number of anilines is 1. The topological polar surface area (TPSA) is 51.4 Å². The molecule has 2 heterocycles. The summed E-state index contributed by atoms with van der Waals surface area (Å²) >= 11 is 0. The maximum Gasteiger partial charge on any atom is 0.215 e. The Balaban J connectivity index is 2.10. The van der Waals surface area contributed by atoms with Gasteiger partial charge in [-0.25, -0.2) is 0 Å². The second-order valence-electron chi connectivity index (χ2n) is 3.64. The summed E-state index contributed by atoms with van der Waals surface area (Å²) in [7, 11) is 0. The molecule has 0 aromatic carbocycles. The van der Waals surface area contributed by atoms with Crippen LogP contribution in [0.4, 0.5) is 5.82 Å². The molecule has 4 heteroatoms.